The van der Waals surface area contributed by atoms with Gasteiger partial charge >= 0.3 is 0 Å². The number of halogens is 1. The Labute approximate surface area is 105 Å². The molecule has 88 valence electrons. The van der Waals surface area contributed by atoms with Crippen LogP contribution >= 0.6 is 15.9 Å². The number of nitrogens with zero attached hydrogens (tertiary/aromatic N) is 1. The van der Waals surface area contributed by atoms with Crippen molar-refractivity contribution in [3.63, 3.8) is 0 Å². The lowest BCUT2D eigenvalue weighted by atomic mass is 10.1. The van der Waals surface area contributed by atoms with Crippen molar-refractivity contribution in [3.8, 4) is 0 Å². The van der Waals surface area contributed by atoms with Gasteiger partial charge in [0.2, 0.25) is 0 Å². The third-order valence-corrected chi connectivity index (χ3v) is 3.62. The van der Waals surface area contributed by atoms with E-state index in [9.17, 15) is 0 Å². The van der Waals surface area contributed by atoms with Gasteiger partial charge in [-0.2, -0.15) is 0 Å². The highest BCUT2D eigenvalue weighted by atomic mass is 79.9. The van der Waals surface area contributed by atoms with Gasteiger partial charge in [0.05, 0.1) is 0 Å². The monoisotopic (exact) mass is 283 g/mol. The van der Waals surface area contributed by atoms with E-state index in [1.165, 1.54) is 18.4 Å². The summed E-state index contributed by atoms with van der Waals surface area (Å²) >= 11 is 3.41. The summed E-state index contributed by atoms with van der Waals surface area (Å²) in [6, 6.07) is 2.49. The number of nitrogens with two attached hydrogens (primary N) is 1. The molecule has 1 aliphatic carbocycles. The highest BCUT2D eigenvalue weighted by molar-refractivity contribution is 9.10. The summed E-state index contributed by atoms with van der Waals surface area (Å²) in [4.78, 5) is 4.37. The minimum absolute atomic E-state index is 0.408. The molecular formula is C12H18BrN3. The van der Waals surface area contributed by atoms with E-state index in [0.29, 0.717) is 12.0 Å². The standard InChI is InChI=1S/C12H18BrN3/c1-8-4-10(13)7-16-12(8)15-6-9-2-3-11(14)5-9/h4,7,9,11H,2-3,5-6,14H2,1H3,(H,15,16). The molecule has 0 aromatic carbocycles. The maximum absolute atomic E-state index is 5.89. The topological polar surface area (TPSA) is 50.9 Å². The van der Waals surface area contributed by atoms with E-state index in [2.05, 4.69) is 39.2 Å². The van der Waals surface area contributed by atoms with Gasteiger partial charge in [-0.3, -0.25) is 0 Å². The van der Waals surface area contributed by atoms with Crippen LogP contribution in [0.1, 0.15) is 24.8 Å². The van der Waals surface area contributed by atoms with Gasteiger partial charge in [0, 0.05) is 23.3 Å². The molecule has 3 nitrogen and oxygen atoms in total. The van der Waals surface area contributed by atoms with Crippen LogP contribution in [-0.2, 0) is 0 Å². The zero-order valence-electron chi connectivity index (χ0n) is 9.54. The van der Waals surface area contributed by atoms with Crippen molar-refractivity contribution in [2.45, 2.75) is 32.2 Å². The Kier molecular flexibility index (Phi) is 3.82. The number of anilines is 1. The van der Waals surface area contributed by atoms with E-state index in [4.69, 9.17) is 5.73 Å². The molecule has 3 N–H and O–H groups in total. The quantitative estimate of drug-likeness (QED) is 0.897. The average Bonchev–Trinajstić information content (AvgIpc) is 2.63. The van der Waals surface area contributed by atoms with Gasteiger partial charge in [-0.1, -0.05) is 0 Å². The van der Waals surface area contributed by atoms with E-state index >= 15 is 0 Å². The number of aromatic nitrogens is 1. The lowest BCUT2D eigenvalue weighted by Crippen LogP contribution is -2.18. The number of nitrogens with one attached hydrogen (secondary N) is 1. The number of hydrogen-bond acceptors (Lipinski definition) is 3. The van der Waals surface area contributed by atoms with Crippen LogP contribution in [0.25, 0.3) is 0 Å². The summed E-state index contributed by atoms with van der Waals surface area (Å²) in [5.74, 6) is 1.70. The van der Waals surface area contributed by atoms with Crippen LogP contribution in [0.2, 0.25) is 0 Å². The molecule has 1 aromatic rings. The first-order chi connectivity index (χ1) is 7.65. The fourth-order valence-corrected chi connectivity index (χ4v) is 2.71. The molecule has 4 heteroatoms. The molecule has 0 saturated heterocycles. The summed E-state index contributed by atoms with van der Waals surface area (Å²) in [5.41, 5.74) is 7.07. The fourth-order valence-electron chi connectivity index (χ4n) is 2.27. The van der Waals surface area contributed by atoms with E-state index in [1.54, 1.807) is 0 Å². The van der Waals surface area contributed by atoms with Crippen molar-refractivity contribution in [2.75, 3.05) is 11.9 Å². The number of pyridine rings is 1. The molecule has 1 saturated carbocycles. The Morgan fingerprint density at radius 1 is 1.56 bits per heavy atom. The summed E-state index contributed by atoms with van der Waals surface area (Å²) in [7, 11) is 0. The van der Waals surface area contributed by atoms with Crippen LogP contribution in [0, 0.1) is 12.8 Å². The Bertz CT molecular complexity index is 367. The summed E-state index contributed by atoms with van der Waals surface area (Å²) in [5, 5.41) is 3.42. The molecule has 16 heavy (non-hydrogen) atoms. The van der Waals surface area contributed by atoms with E-state index in [0.717, 1.165) is 23.3 Å². The summed E-state index contributed by atoms with van der Waals surface area (Å²) in [6.07, 6.45) is 5.38. The highest BCUT2D eigenvalue weighted by Crippen LogP contribution is 2.25. The molecule has 0 aliphatic heterocycles. The molecule has 0 radical (unpaired) electrons. The summed E-state index contributed by atoms with van der Waals surface area (Å²) in [6.45, 7) is 3.06. The van der Waals surface area contributed by atoms with Crippen LogP contribution < -0.4 is 11.1 Å². The van der Waals surface area contributed by atoms with Crippen LogP contribution in [-0.4, -0.2) is 17.6 Å². The van der Waals surface area contributed by atoms with Gasteiger partial charge in [0.25, 0.3) is 0 Å². The van der Waals surface area contributed by atoms with Crippen LogP contribution in [0.4, 0.5) is 5.82 Å². The van der Waals surface area contributed by atoms with E-state index in [-0.39, 0.29) is 0 Å². The van der Waals surface area contributed by atoms with Crippen molar-refractivity contribution >= 4 is 21.7 Å². The van der Waals surface area contributed by atoms with Gasteiger partial charge in [0.1, 0.15) is 5.82 Å². The maximum Gasteiger partial charge on any atom is 0.128 e. The molecule has 2 unspecified atom stereocenters. The maximum atomic E-state index is 5.89. The average molecular weight is 284 g/mol. The Balaban J connectivity index is 1.89. The zero-order chi connectivity index (χ0) is 11.5. The minimum atomic E-state index is 0.408. The van der Waals surface area contributed by atoms with E-state index < -0.39 is 0 Å². The van der Waals surface area contributed by atoms with Gasteiger partial charge < -0.3 is 11.1 Å². The van der Waals surface area contributed by atoms with Crippen molar-refractivity contribution in [1.29, 1.82) is 0 Å². The Morgan fingerprint density at radius 3 is 3.00 bits per heavy atom. The molecule has 0 amide bonds. The van der Waals surface area contributed by atoms with Crippen molar-refractivity contribution in [3.05, 3.63) is 22.3 Å². The third-order valence-electron chi connectivity index (χ3n) is 3.18. The zero-order valence-corrected chi connectivity index (χ0v) is 11.1. The van der Waals surface area contributed by atoms with Gasteiger partial charge in [-0.25, -0.2) is 4.98 Å². The van der Waals surface area contributed by atoms with Gasteiger partial charge in [-0.05, 0) is 59.7 Å². The molecule has 0 bridgehead atoms. The molecule has 2 rings (SSSR count). The summed E-state index contributed by atoms with van der Waals surface area (Å²) < 4.78 is 1.03. The second-order valence-corrected chi connectivity index (χ2v) is 5.55. The van der Waals surface area contributed by atoms with Crippen LogP contribution in [0.3, 0.4) is 0 Å². The predicted molar refractivity (Wildman–Crippen MR) is 70.5 cm³/mol. The smallest absolute Gasteiger partial charge is 0.128 e. The lowest BCUT2D eigenvalue weighted by molar-refractivity contribution is 0.565. The van der Waals surface area contributed by atoms with Crippen molar-refractivity contribution in [1.82, 2.24) is 4.98 Å². The molecule has 1 aromatic heterocycles. The number of hydrogen-bond donors (Lipinski definition) is 2. The molecule has 1 fully saturated rings. The first-order valence-electron chi connectivity index (χ1n) is 5.76. The van der Waals surface area contributed by atoms with Crippen molar-refractivity contribution < 1.29 is 0 Å². The number of aryl methyl sites for hydroxylation is 1. The fraction of sp³-hybridized carbons (Fsp3) is 0.583. The SMILES string of the molecule is Cc1cc(Br)cnc1NCC1CCC(N)C1. The first kappa shape index (κ1) is 11.9. The predicted octanol–water partition coefficient (Wildman–Crippen LogP) is 2.69. The molecule has 2 atom stereocenters. The molecular weight excluding hydrogens is 266 g/mol. The van der Waals surface area contributed by atoms with Crippen molar-refractivity contribution in [2.24, 2.45) is 11.7 Å². The first-order valence-corrected chi connectivity index (χ1v) is 6.56. The molecule has 1 heterocycles. The third kappa shape index (κ3) is 2.95. The van der Waals surface area contributed by atoms with Crippen LogP contribution in [0.5, 0.6) is 0 Å². The Morgan fingerprint density at radius 2 is 2.38 bits per heavy atom. The second kappa shape index (κ2) is 5.15. The Hall–Kier alpha value is -0.610. The molecule has 1 aliphatic rings. The van der Waals surface area contributed by atoms with E-state index in [1.807, 2.05) is 6.20 Å². The lowest BCUT2D eigenvalue weighted by Gasteiger charge is -2.13. The van der Waals surface area contributed by atoms with Gasteiger partial charge in [0.15, 0.2) is 0 Å². The minimum Gasteiger partial charge on any atom is -0.370 e. The largest absolute Gasteiger partial charge is 0.370 e. The van der Waals surface area contributed by atoms with Gasteiger partial charge in [-0.15, -0.1) is 0 Å². The normalized spacial score (nSPS) is 24.7. The second-order valence-electron chi connectivity index (χ2n) is 4.64. The molecule has 0 spiro atoms. The number of rotatable bonds is 3. The van der Waals surface area contributed by atoms with Crippen LogP contribution in [0.15, 0.2) is 16.7 Å². The highest BCUT2D eigenvalue weighted by Gasteiger charge is 2.21.